The van der Waals surface area contributed by atoms with Gasteiger partial charge in [0.2, 0.25) is 22.9 Å². The third-order valence-corrected chi connectivity index (χ3v) is 12.2. The number of aromatic nitrogens is 6. The molecule has 59 heavy (non-hydrogen) atoms. The van der Waals surface area contributed by atoms with E-state index in [0.29, 0.717) is 85.4 Å². The number of piperazine rings is 1. The van der Waals surface area contributed by atoms with Crippen molar-refractivity contribution >= 4 is 63.0 Å². The van der Waals surface area contributed by atoms with Gasteiger partial charge in [-0.1, -0.05) is 17.4 Å². The fourth-order valence-electron chi connectivity index (χ4n) is 8.21. The first-order valence-electron chi connectivity index (χ1n) is 19.6. The van der Waals surface area contributed by atoms with Gasteiger partial charge < -0.3 is 20.0 Å². The molecule has 19 heteroatoms. The maximum Gasteiger partial charge on any atom is 0.264 e. The van der Waals surface area contributed by atoms with Crippen LogP contribution in [0.3, 0.4) is 0 Å². The maximum atomic E-state index is 13.8. The van der Waals surface area contributed by atoms with Crippen molar-refractivity contribution in [1.29, 1.82) is 5.26 Å². The maximum absolute atomic E-state index is 13.8. The minimum Gasteiger partial charge on any atom is -0.382 e. The van der Waals surface area contributed by atoms with E-state index in [1.165, 1.54) is 17.5 Å². The zero-order valence-corrected chi connectivity index (χ0v) is 33.1. The number of nitrogens with zero attached hydrogens (tertiary/aromatic N) is 11. The predicted octanol–water partition coefficient (Wildman–Crippen LogP) is 2.97. The van der Waals surface area contributed by atoms with Gasteiger partial charge in [0.25, 0.3) is 11.8 Å². The monoisotopic (exact) mass is 813 g/mol. The SMILES string of the molecule is CC(C)Nc1cc(-c2cc3ncc(C#N)cn3n2)ncc1-c1nnc(N2CCN(C(=O)C3CCN(c4cccc5c4C(=O)N(C4CCC(=O)NC4=O)C5=O)CC3)CC2)s1. The third kappa shape index (κ3) is 6.98. The molecule has 18 nitrogen and oxygen atoms in total. The van der Waals surface area contributed by atoms with Crippen molar-refractivity contribution in [3.05, 3.63) is 65.6 Å². The van der Waals surface area contributed by atoms with Crippen LogP contribution in [0.1, 0.15) is 65.8 Å². The van der Waals surface area contributed by atoms with Gasteiger partial charge in [0.05, 0.1) is 39.8 Å². The molecule has 1 atom stereocenters. The highest BCUT2D eigenvalue weighted by Gasteiger charge is 2.46. The molecule has 2 N–H and O–H groups in total. The Hall–Kier alpha value is -6.81. The normalized spacial score (nSPS) is 18.8. The number of amides is 5. The molecule has 9 rings (SSSR count). The van der Waals surface area contributed by atoms with E-state index in [-0.39, 0.29) is 41.8 Å². The van der Waals surface area contributed by atoms with E-state index in [1.54, 1.807) is 35.1 Å². The molecule has 0 bridgehead atoms. The van der Waals surface area contributed by atoms with Gasteiger partial charge in [-0.25, -0.2) is 9.50 Å². The summed E-state index contributed by atoms with van der Waals surface area (Å²) in [5.41, 5.74) is 5.05. The predicted molar refractivity (Wildman–Crippen MR) is 215 cm³/mol. The third-order valence-electron chi connectivity index (χ3n) is 11.2. The van der Waals surface area contributed by atoms with Crippen molar-refractivity contribution in [2.24, 2.45) is 5.92 Å². The quantitative estimate of drug-likeness (QED) is 0.216. The number of rotatable bonds is 8. The summed E-state index contributed by atoms with van der Waals surface area (Å²) in [5.74, 6) is -2.20. The fraction of sp³-hybridized carbons (Fsp3) is 0.375. The van der Waals surface area contributed by atoms with Crippen LogP contribution >= 0.6 is 11.3 Å². The molecular formula is C40H39N13O5S. The number of nitrogens with one attached hydrogen (secondary N) is 2. The van der Waals surface area contributed by atoms with Crippen molar-refractivity contribution in [3.8, 4) is 28.0 Å². The summed E-state index contributed by atoms with van der Waals surface area (Å²) >= 11 is 1.47. The van der Waals surface area contributed by atoms with E-state index >= 15 is 0 Å². The molecule has 4 aliphatic heterocycles. The largest absolute Gasteiger partial charge is 0.382 e. The van der Waals surface area contributed by atoms with Crippen LogP contribution in [-0.2, 0) is 14.4 Å². The fourth-order valence-corrected chi connectivity index (χ4v) is 9.13. The number of imide groups is 2. The van der Waals surface area contributed by atoms with Gasteiger partial charge in [0.1, 0.15) is 17.8 Å². The molecule has 8 heterocycles. The van der Waals surface area contributed by atoms with Crippen LogP contribution in [0.5, 0.6) is 0 Å². The molecule has 1 aromatic carbocycles. The molecule has 5 amide bonds. The first-order valence-corrected chi connectivity index (χ1v) is 20.4. The summed E-state index contributed by atoms with van der Waals surface area (Å²) in [7, 11) is 0. The van der Waals surface area contributed by atoms with Gasteiger partial charge >= 0.3 is 0 Å². The zero-order valence-electron chi connectivity index (χ0n) is 32.3. The Labute approximate surface area is 341 Å². The van der Waals surface area contributed by atoms with E-state index in [0.717, 1.165) is 21.3 Å². The lowest BCUT2D eigenvalue weighted by molar-refractivity contribution is -0.137. The summed E-state index contributed by atoms with van der Waals surface area (Å²) < 4.78 is 1.57. The Bertz CT molecular complexity index is 2580. The molecule has 5 aromatic rings. The summed E-state index contributed by atoms with van der Waals surface area (Å²) in [6.07, 6.45) is 6.24. The van der Waals surface area contributed by atoms with Crippen LogP contribution in [0.25, 0.3) is 27.6 Å². The first kappa shape index (κ1) is 37.7. The van der Waals surface area contributed by atoms with E-state index < -0.39 is 29.7 Å². The van der Waals surface area contributed by atoms with E-state index in [4.69, 9.17) is 4.98 Å². The lowest BCUT2D eigenvalue weighted by Crippen LogP contribution is -2.54. The van der Waals surface area contributed by atoms with Gasteiger partial charge in [0, 0.05) is 81.8 Å². The van der Waals surface area contributed by atoms with Crippen molar-refractivity contribution in [2.75, 3.05) is 54.4 Å². The molecule has 0 radical (unpaired) electrons. The average molecular weight is 814 g/mol. The molecule has 4 aromatic heterocycles. The number of fused-ring (bicyclic) bond motifs is 2. The van der Waals surface area contributed by atoms with Gasteiger partial charge in [-0.2, -0.15) is 10.4 Å². The number of nitriles is 1. The standard InChI is InChI=1S/C40H39N13O5S/c1-22(2)44-27-16-28(29-17-32-43-19-23(18-41)21-52(32)48-29)42-20-26(27)36-46-47-40(59-36)51-14-12-50(13-15-51)37(56)24-8-10-49(11-9-24)30-5-3-4-25-34(30)39(58)53(38(25)57)31-6-7-33(54)45-35(31)55/h3-5,16-17,19-22,24,31H,6-15H2,1-2H3,(H,42,44)(H,45,54,55). The van der Waals surface area contributed by atoms with Crippen molar-refractivity contribution < 1.29 is 24.0 Å². The second kappa shape index (κ2) is 15.2. The Morgan fingerprint density at radius 3 is 2.46 bits per heavy atom. The van der Waals surface area contributed by atoms with Crippen LogP contribution in [0.2, 0.25) is 0 Å². The van der Waals surface area contributed by atoms with Crippen LogP contribution in [0.4, 0.5) is 16.5 Å². The van der Waals surface area contributed by atoms with Crippen molar-refractivity contribution in [3.63, 3.8) is 0 Å². The summed E-state index contributed by atoms with van der Waals surface area (Å²) in [6.45, 7) is 7.49. The van der Waals surface area contributed by atoms with E-state index in [9.17, 15) is 29.2 Å². The lowest BCUT2D eigenvalue weighted by atomic mass is 9.93. The molecule has 1 unspecified atom stereocenters. The minimum absolute atomic E-state index is 0.0556. The smallest absolute Gasteiger partial charge is 0.264 e. The minimum atomic E-state index is -1.03. The summed E-state index contributed by atoms with van der Waals surface area (Å²) in [5, 5.41) is 30.1. The highest BCUT2D eigenvalue weighted by Crippen LogP contribution is 2.38. The van der Waals surface area contributed by atoms with Crippen molar-refractivity contribution in [2.45, 2.75) is 51.6 Å². The highest BCUT2D eigenvalue weighted by atomic mass is 32.1. The van der Waals surface area contributed by atoms with E-state index in [1.807, 2.05) is 21.9 Å². The lowest BCUT2D eigenvalue weighted by Gasteiger charge is -2.39. The molecule has 3 fully saturated rings. The Morgan fingerprint density at radius 1 is 0.915 bits per heavy atom. The molecular weight excluding hydrogens is 775 g/mol. The van der Waals surface area contributed by atoms with Crippen molar-refractivity contribution in [1.82, 2.24) is 44.9 Å². The molecule has 4 aliphatic rings. The Kier molecular flexibility index (Phi) is 9.71. The van der Waals surface area contributed by atoms with Gasteiger partial charge in [-0.3, -0.25) is 39.2 Å². The average Bonchev–Trinajstić information content (AvgIpc) is 3.97. The summed E-state index contributed by atoms with van der Waals surface area (Å²) in [4.78, 5) is 81.2. The van der Waals surface area contributed by atoms with Crippen LogP contribution < -0.4 is 20.4 Å². The van der Waals surface area contributed by atoms with Crippen LogP contribution in [0, 0.1) is 17.2 Å². The van der Waals surface area contributed by atoms with E-state index in [2.05, 4.69) is 55.7 Å². The Balaban J connectivity index is 0.823. The Morgan fingerprint density at radius 2 is 1.71 bits per heavy atom. The number of pyridine rings is 1. The second-order valence-corrected chi connectivity index (χ2v) is 16.3. The number of carbonyl (C=O) groups excluding carboxylic acids is 5. The molecule has 0 spiro atoms. The van der Waals surface area contributed by atoms with Crippen LogP contribution in [-0.4, -0.2) is 120 Å². The summed E-state index contributed by atoms with van der Waals surface area (Å²) in [6, 6.07) is 10.1. The second-order valence-electron chi connectivity index (χ2n) is 15.3. The first-order chi connectivity index (χ1) is 28.6. The van der Waals surface area contributed by atoms with Gasteiger partial charge in [-0.15, -0.1) is 10.2 Å². The zero-order chi connectivity index (χ0) is 40.9. The number of piperidine rings is 2. The topological polar surface area (TPSA) is 215 Å². The highest BCUT2D eigenvalue weighted by molar-refractivity contribution is 7.18. The number of carbonyl (C=O) groups is 5. The number of anilines is 3. The van der Waals surface area contributed by atoms with Gasteiger partial charge in [-0.05, 0) is 51.3 Å². The molecule has 3 saturated heterocycles. The van der Waals surface area contributed by atoms with Crippen LogP contribution in [0.15, 0.2) is 48.9 Å². The number of hydrogen-bond donors (Lipinski definition) is 2. The number of hydrogen-bond acceptors (Lipinski definition) is 15. The molecule has 0 aliphatic carbocycles. The van der Waals surface area contributed by atoms with Gasteiger partial charge in [0.15, 0.2) is 10.7 Å². The molecule has 300 valence electrons. The number of benzene rings is 1. The molecule has 0 saturated carbocycles.